The van der Waals surface area contributed by atoms with E-state index in [0.717, 1.165) is 0 Å². The number of nitrogens with zero attached hydrogens (tertiary/aromatic N) is 2. The number of aromatic hydroxyl groups is 1. The second-order valence-corrected chi connectivity index (χ2v) is 5.22. The van der Waals surface area contributed by atoms with Crippen LogP contribution in [-0.4, -0.2) is 32.7 Å². The Morgan fingerprint density at radius 2 is 1.79 bits per heavy atom. The molecular weight excluding hydrogens is 340 g/mol. The van der Waals surface area contributed by atoms with Crippen molar-refractivity contribution in [2.45, 2.75) is 0 Å². The molecule has 3 rings (SSSR count). The van der Waals surface area contributed by atoms with Gasteiger partial charge in [0.15, 0.2) is 11.4 Å². The maximum Gasteiger partial charge on any atom is 0.422 e. The second kappa shape index (κ2) is 5.74. The molecule has 0 spiro atoms. The van der Waals surface area contributed by atoms with Crippen molar-refractivity contribution >= 4 is 40.6 Å². The van der Waals surface area contributed by atoms with Crippen molar-refractivity contribution in [3.8, 4) is 16.9 Å². The summed E-state index contributed by atoms with van der Waals surface area (Å²) in [6.45, 7) is 0. The maximum absolute atomic E-state index is 11.1. The molecule has 0 bridgehead atoms. The van der Waals surface area contributed by atoms with Crippen LogP contribution in [0, 0.1) is 0 Å². The molecule has 0 atom stereocenters. The lowest BCUT2D eigenvalue weighted by Crippen LogP contribution is -2.34. The van der Waals surface area contributed by atoms with Crippen LogP contribution in [0.5, 0.6) is 5.75 Å². The summed E-state index contributed by atoms with van der Waals surface area (Å²) in [5.74, 6) is -0.418. The van der Waals surface area contributed by atoms with Gasteiger partial charge in [-0.2, -0.15) is 4.90 Å². The summed E-state index contributed by atoms with van der Waals surface area (Å²) in [6.07, 6.45) is -3.43. The highest BCUT2D eigenvalue weighted by Gasteiger charge is 2.28. The molecule has 2 aromatic carbocycles. The highest BCUT2D eigenvalue weighted by Crippen LogP contribution is 2.35. The molecule has 0 fully saturated rings. The molecule has 2 amide bonds. The lowest BCUT2D eigenvalue weighted by Gasteiger charge is -2.10. The van der Waals surface area contributed by atoms with Gasteiger partial charge in [0.1, 0.15) is 5.75 Å². The number of carbonyl (C=O) groups is 2. The summed E-state index contributed by atoms with van der Waals surface area (Å²) in [5, 5.41) is 32.1. The number of hydrogen-bond donors (Lipinski definition) is 3. The number of anilines is 1. The molecule has 0 aliphatic carbocycles. The van der Waals surface area contributed by atoms with Crippen molar-refractivity contribution in [1.82, 2.24) is 5.16 Å². The largest absolute Gasteiger partial charge is 0.507 e. The van der Waals surface area contributed by atoms with Gasteiger partial charge in [-0.05, 0) is 35.9 Å². The molecule has 1 aromatic heterocycles. The minimum absolute atomic E-state index is 0.0370. The van der Waals surface area contributed by atoms with E-state index in [2.05, 4.69) is 5.16 Å². The predicted octanol–water partition coefficient (Wildman–Crippen LogP) is 4.02. The first-order valence-electron chi connectivity index (χ1n) is 6.53. The third-order valence-corrected chi connectivity index (χ3v) is 3.55. The summed E-state index contributed by atoms with van der Waals surface area (Å²) in [5.41, 5.74) is 1.08. The van der Waals surface area contributed by atoms with E-state index in [4.69, 9.17) is 26.3 Å². The number of phenols is 1. The van der Waals surface area contributed by atoms with Crippen LogP contribution >= 0.6 is 11.6 Å². The van der Waals surface area contributed by atoms with Gasteiger partial charge in [-0.25, -0.2) is 9.59 Å². The van der Waals surface area contributed by atoms with Crippen LogP contribution < -0.4 is 4.90 Å². The molecule has 0 saturated carbocycles. The summed E-state index contributed by atoms with van der Waals surface area (Å²) in [4.78, 5) is 22.3. The van der Waals surface area contributed by atoms with Crippen molar-refractivity contribution in [2.24, 2.45) is 0 Å². The topological polar surface area (TPSA) is 124 Å². The van der Waals surface area contributed by atoms with E-state index in [9.17, 15) is 14.7 Å². The van der Waals surface area contributed by atoms with Crippen molar-refractivity contribution in [1.29, 1.82) is 0 Å². The van der Waals surface area contributed by atoms with E-state index in [-0.39, 0.29) is 27.4 Å². The molecule has 0 unspecified atom stereocenters. The van der Waals surface area contributed by atoms with Gasteiger partial charge in [-0.1, -0.05) is 22.8 Å². The monoisotopic (exact) mass is 348 g/mol. The molecule has 3 aromatic rings. The molecule has 0 aliphatic heterocycles. The Bertz CT molecular complexity index is 954. The van der Waals surface area contributed by atoms with Gasteiger partial charge in [0.2, 0.25) is 0 Å². The normalized spacial score (nSPS) is 10.7. The number of benzene rings is 2. The van der Waals surface area contributed by atoms with E-state index in [0.29, 0.717) is 16.1 Å². The molecule has 8 nitrogen and oxygen atoms in total. The Labute approximate surface area is 139 Å². The lowest BCUT2D eigenvalue weighted by atomic mass is 10.0. The number of phenolic OH excluding ortho intramolecular Hbond substituents is 1. The number of imide groups is 1. The van der Waals surface area contributed by atoms with E-state index in [1.807, 2.05) is 0 Å². The zero-order valence-corrected chi connectivity index (χ0v) is 12.6. The Balaban J connectivity index is 2.21. The number of amides is 2. The zero-order chi connectivity index (χ0) is 17.4. The van der Waals surface area contributed by atoms with E-state index in [1.54, 1.807) is 6.07 Å². The van der Waals surface area contributed by atoms with Crippen LogP contribution in [0.3, 0.4) is 0 Å². The van der Waals surface area contributed by atoms with Crippen LogP contribution in [-0.2, 0) is 0 Å². The number of carboxylic acid groups (broad SMARTS) is 2. The van der Waals surface area contributed by atoms with Gasteiger partial charge in [-0.3, -0.25) is 0 Å². The number of rotatable bonds is 2. The standard InChI is InChI=1S/C15H9ClN2O6/c16-8-2-3-11(19)9(6-8)7-1-4-12-10(5-7)13(17-24-12)18(14(20)21)15(22)23/h1-6,19H,(H,20,21)(H,22,23). The zero-order valence-electron chi connectivity index (χ0n) is 11.8. The van der Waals surface area contributed by atoms with Gasteiger partial charge < -0.3 is 19.8 Å². The van der Waals surface area contributed by atoms with Crippen molar-refractivity contribution in [2.75, 3.05) is 4.90 Å². The molecule has 0 radical (unpaired) electrons. The SMILES string of the molecule is O=C(O)N(C(=O)O)c1noc2ccc(-c3cc(Cl)ccc3O)cc12. The van der Waals surface area contributed by atoms with Gasteiger partial charge >= 0.3 is 12.2 Å². The Hall–Kier alpha value is -3.26. The first-order valence-corrected chi connectivity index (χ1v) is 6.90. The highest BCUT2D eigenvalue weighted by molar-refractivity contribution is 6.31. The number of hydrogen-bond acceptors (Lipinski definition) is 5. The molecule has 1 heterocycles. The molecule has 3 N–H and O–H groups in total. The Morgan fingerprint density at radius 1 is 1.08 bits per heavy atom. The molecule has 24 heavy (non-hydrogen) atoms. The fourth-order valence-electron chi connectivity index (χ4n) is 2.26. The quantitative estimate of drug-likeness (QED) is 0.638. The van der Waals surface area contributed by atoms with Crippen LogP contribution in [0.2, 0.25) is 5.02 Å². The lowest BCUT2D eigenvalue weighted by molar-refractivity contribution is 0.183. The smallest absolute Gasteiger partial charge is 0.422 e. The van der Waals surface area contributed by atoms with Crippen molar-refractivity contribution < 1.29 is 29.4 Å². The first-order chi connectivity index (χ1) is 11.4. The number of fused-ring (bicyclic) bond motifs is 1. The maximum atomic E-state index is 11.1. The van der Waals surface area contributed by atoms with Gasteiger partial charge in [0.25, 0.3) is 0 Å². The summed E-state index contributed by atoms with van der Waals surface area (Å²) < 4.78 is 4.97. The third-order valence-electron chi connectivity index (χ3n) is 3.31. The van der Waals surface area contributed by atoms with Crippen molar-refractivity contribution in [3.05, 3.63) is 41.4 Å². The predicted molar refractivity (Wildman–Crippen MR) is 84.6 cm³/mol. The van der Waals surface area contributed by atoms with E-state index < -0.39 is 12.2 Å². The van der Waals surface area contributed by atoms with Crippen molar-refractivity contribution in [3.63, 3.8) is 0 Å². The number of halogens is 1. The van der Waals surface area contributed by atoms with Crippen LogP contribution in [0.15, 0.2) is 40.9 Å². The highest BCUT2D eigenvalue weighted by atomic mass is 35.5. The minimum Gasteiger partial charge on any atom is -0.507 e. The fourth-order valence-corrected chi connectivity index (χ4v) is 2.43. The third kappa shape index (κ3) is 2.59. The number of aromatic nitrogens is 1. The molecule has 0 aliphatic rings. The fraction of sp³-hybridized carbons (Fsp3) is 0. The molecular formula is C15H9ClN2O6. The second-order valence-electron chi connectivity index (χ2n) is 4.78. The minimum atomic E-state index is -1.71. The molecule has 122 valence electrons. The van der Waals surface area contributed by atoms with Gasteiger partial charge in [0.05, 0.1) is 5.39 Å². The average Bonchev–Trinajstić information content (AvgIpc) is 2.92. The van der Waals surface area contributed by atoms with Gasteiger partial charge in [0, 0.05) is 10.6 Å². The van der Waals surface area contributed by atoms with Crippen LogP contribution in [0.25, 0.3) is 22.1 Å². The Morgan fingerprint density at radius 3 is 2.46 bits per heavy atom. The first kappa shape index (κ1) is 15.6. The van der Waals surface area contributed by atoms with Crippen LogP contribution in [0.4, 0.5) is 15.4 Å². The summed E-state index contributed by atoms with van der Waals surface area (Å²) in [6, 6.07) is 9.01. The summed E-state index contributed by atoms with van der Waals surface area (Å²) in [7, 11) is 0. The van der Waals surface area contributed by atoms with Crippen LogP contribution in [0.1, 0.15) is 0 Å². The molecule has 9 heteroatoms. The van der Waals surface area contributed by atoms with Gasteiger partial charge in [-0.15, -0.1) is 0 Å². The summed E-state index contributed by atoms with van der Waals surface area (Å²) >= 11 is 5.92. The van der Waals surface area contributed by atoms with E-state index in [1.165, 1.54) is 30.3 Å². The molecule has 0 saturated heterocycles. The van der Waals surface area contributed by atoms with E-state index >= 15 is 0 Å². The average molecular weight is 349 g/mol. The Kier molecular flexibility index (Phi) is 3.74.